The summed E-state index contributed by atoms with van der Waals surface area (Å²) in [6.07, 6.45) is 8.65. The Morgan fingerprint density at radius 3 is 2.69 bits per heavy atom. The molecule has 2 atom stereocenters. The number of imidazole rings is 1. The standard InChI is InChI=1S/C26H34N4O2/c1-19(2)30-16-23(27-18-30)22-15-29(24(31)13-20-7-4-3-5-8-20)17-26(22)11-6-12-28(25(26)32)14-21-9-10-21/h3-5,7-8,16,18-19,21-22H,6,9-15,17H2,1-2H3/t22-,26-/m0/s1. The van der Waals surface area contributed by atoms with E-state index in [1.54, 1.807) is 0 Å². The van der Waals surface area contributed by atoms with Crippen LogP contribution in [0.3, 0.4) is 0 Å². The van der Waals surface area contributed by atoms with Crippen LogP contribution in [-0.4, -0.2) is 57.3 Å². The van der Waals surface area contributed by atoms with Crippen LogP contribution in [0.25, 0.3) is 0 Å². The van der Waals surface area contributed by atoms with Crippen LogP contribution in [0.15, 0.2) is 42.9 Å². The summed E-state index contributed by atoms with van der Waals surface area (Å²) in [5.74, 6) is 0.977. The maximum atomic E-state index is 13.9. The summed E-state index contributed by atoms with van der Waals surface area (Å²) in [5, 5.41) is 0. The van der Waals surface area contributed by atoms with Crippen LogP contribution in [0.5, 0.6) is 0 Å². The number of piperidine rings is 1. The molecule has 0 radical (unpaired) electrons. The first-order valence-corrected chi connectivity index (χ1v) is 12.1. The van der Waals surface area contributed by atoms with Gasteiger partial charge in [-0.15, -0.1) is 0 Å². The van der Waals surface area contributed by atoms with E-state index in [9.17, 15) is 9.59 Å². The number of benzene rings is 1. The molecule has 0 bridgehead atoms. The molecule has 2 aliphatic heterocycles. The van der Waals surface area contributed by atoms with Gasteiger partial charge in [-0.25, -0.2) is 4.98 Å². The van der Waals surface area contributed by atoms with Gasteiger partial charge < -0.3 is 14.4 Å². The van der Waals surface area contributed by atoms with E-state index in [-0.39, 0.29) is 17.7 Å². The van der Waals surface area contributed by atoms with Crippen molar-refractivity contribution in [3.05, 3.63) is 54.1 Å². The molecule has 2 amide bonds. The lowest BCUT2D eigenvalue weighted by Crippen LogP contribution is -2.53. The van der Waals surface area contributed by atoms with Gasteiger partial charge in [0, 0.05) is 44.3 Å². The fraction of sp³-hybridized carbons (Fsp3) is 0.577. The highest BCUT2D eigenvalue weighted by Crippen LogP contribution is 2.49. The van der Waals surface area contributed by atoms with Crippen molar-refractivity contribution in [3.8, 4) is 0 Å². The zero-order valence-electron chi connectivity index (χ0n) is 19.2. The fourth-order valence-electron chi connectivity index (χ4n) is 5.54. The van der Waals surface area contributed by atoms with E-state index in [0.29, 0.717) is 31.5 Å². The summed E-state index contributed by atoms with van der Waals surface area (Å²) in [4.78, 5) is 36.0. The topological polar surface area (TPSA) is 58.4 Å². The van der Waals surface area contributed by atoms with Gasteiger partial charge in [-0.3, -0.25) is 9.59 Å². The van der Waals surface area contributed by atoms with Gasteiger partial charge in [0.05, 0.1) is 23.9 Å². The molecule has 3 heterocycles. The van der Waals surface area contributed by atoms with E-state index in [1.807, 2.05) is 41.6 Å². The van der Waals surface area contributed by atoms with Gasteiger partial charge in [0.2, 0.25) is 11.8 Å². The average Bonchev–Trinajstić information content (AvgIpc) is 3.31. The van der Waals surface area contributed by atoms with Gasteiger partial charge in [0.1, 0.15) is 0 Å². The first-order chi connectivity index (χ1) is 15.5. The molecule has 1 spiro atoms. The van der Waals surface area contributed by atoms with E-state index in [1.165, 1.54) is 12.8 Å². The summed E-state index contributed by atoms with van der Waals surface area (Å²) in [7, 11) is 0. The molecule has 0 unspecified atom stereocenters. The predicted molar refractivity (Wildman–Crippen MR) is 123 cm³/mol. The predicted octanol–water partition coefficient (Wildman–Crippen LogP) is 3.65. The van der Waals surface area contributed by atoms with Crippen LogP contribution in [0, 0.1) is 11.3 Å². The summed E-state index contributed by atoms with van der Waals surface area (Å²) < 4.78 is 2.10. The van der Waals surface area contributed by atoms with Crippen LogP contribution in [0.2, 0.25) is 0 Å². The van der Waals surface area contributed by atoms with Gasteiger partial charge in [-0.1, -0.05) is 30.3 Å². The molecule has 5 rings (SSSR count). The van der Waals surface area contributed by atoms with Crippen LogP contribution in [0.4, 0.5) is 0 Å². The van der Waals surface area contributed by atoms with Crippen molar-refractivity contribution in [1.82, 2.24) is 19.4 Å². The maximum absolute atomic E-state index is 13.9. The number of hydrogen-bond acceptors (Lipinski definition) is 3. The summed E-state index contributed by atoms with van der Waals surface area (Å²) in [6, 6.07) is 10.2. The van der Waals surface area contributed by atoms with E-state index in [4.69, 9.17) is 4.98 Å². The van der Waals surface area contributed by atoms with Gasteiger partial charge in [0.25, 0.3) is 0 Å². The van der Waals surface area contributed by atoms with Crippen LogP contribution < -0.4 is 0 Å². The highest BCUT2D eigenvalue weighted by molar-refractivity contribution is 5.88. The molecule has 170 valence electrons. The Labute approximate surface area is 190 Å². The van der Waals surface area contributed by atoms with Crippen LogP contribution >= 0.6 is 0 Å². The second kappa shape index (κ2) is 8.38. The van der Waals surface area contributed by atoms with Gasteiger partial charge >= 0.3 is 0 Å². The maximum Gasteiger partial charge on any atom is 0.231 e. The summed E-state index contributed by atoms with van der Waals surface area (Å²) in [6.45, 7) is 7.08. The van der Waals surface area contributed by atoms with Crippen molar-refractivity contribution in [3.63, 3.8) is 0 Å². The third kappa shape index (κ3) is 3.96. The lowest BCUT2D eigenvalue weighted by molar-refractivity contribution is -0.147. The van der Waals surface area contributed by atoms with Crippen molar-refractivity contribution in [1.29, 1.82) is 0 Å². The minimum absolute atomic E-state index is 0.0447. The molecule has 1 saturated carbocycles. The highest BCUT2D eigenvalue weighted by Gasteiger charge is 2.57. The number of aromatic nitrogens is 2. The second-order valence-corrected chi connectivity index (χ2v) is 10.3. The first-order valence-electron chi connectivity index (χ1n) is 12.1. The first kappa shape index (κ1) is 21.2. The smallest absolute Gasteiger partial charge is 0.231 e. The molecule has 32 heavy (non-hydrogen) atoms. The molecule has 3 fully saturated rings. The third-order valence-electron chi connectivity index (χ3n) is 7.61. The number of rotatable bonds is 6. The van der Waals surface area contributed by atoms with Crippen molar-refractivity contribution < 1.29 is 9.59 Å². The lowest BCUT2D eigenvalue weighted by atomic mass is 9.70. The Balaban J connectivity index is 1.44. The van der Waals surface area contributed by atoms with E-state index in [0.717, 1.165) is 37.2 Å². The molecule has 3 aliphatic rings. The van der Waals surface area contributed by atoms with E-state index >= 15 is 0 Å². The van der Waals surface area contributed by atoms with Crippen molar-refractivity contribution in [2.75, 3.05) is 26.2 Å². The largest absolute Gasteiger partial charge is 0.342 e. The van der Waals surface area contributed by atoms with Gasteiger partial charge in [0.15, 0.2) is 0 Å². The molecule has 0 N–H and O–H groups in total. The second-order valence-electron chi connectivity index (χ2n) is 10.3. The van der Waals surface area contributed by atoms with Crippen molar-refractivity contribution in [2.24, 2.45) is 11.3 Å². The summed E-state index contributed by atoms with van der Waals surface area (Å²) in [5.41, 5.74) is 1.43. The SMILES string of the molecule is CC(C)n1cnc([C@@H]2CN(C(=O)Cc3ccccc3)C[C@@]23CCCN(CC2CC2)C3=O)c1. The molecule has 2 saturated heterocycles. The molecule has 1 aromatic carbocycles. The van der Waals surface area contributed by atoms with Crippen molar-refractivity contribution >= 4 is 11.8 Å². The van der Waals surface area contributed by atoms with Crippen LogP contribution in [0.1, 0.15) is 62.7 Å². The van der Waals surface area contributed by atoms with E-state index < -0.39 is 5.41 Å². The number of hydrogen-bond donors (Lipinski definition) is 0. The molecule has 1 aliphatic carbocycles. The minimum atomic E-state index is -0.546. The van der Waals surface area contributed by atoms with Gasteiger partial charge in [-0.2, -0.15) is 0 Å². The van der Waals surface area contributed by atoms with Gasteiger partial charge in [-0.05, 0) is 51.0 Å². The Morgan fingerprint density at radius 2 is 2.00 bits per heavy atom. The number of amides is 2. The summed E-state index contributed by atoms with van der Waals surface area (Å²) >= 11 is 0. The number of nitrogens with zero attached hydrogens (tertiary/aromatic N) is 4. The third-order valence-corrected chi connectivity index (χ3v) is 7.61. The lowest BCUT2D eigenvalue weighted by Gasteiger charge is -2.42. The highest BCUT2D eigenvalue weighted by atomic mass is 16.2. The Morgan fingerprint density at radius 1 is 1.22 bits per heavy atom. The van der Waals surface area contributed by atoms with E-state index in [2.05, 4.69) is 29.5 Å². The molecule has 2 aromatic rings. The average molecular weight is 435 g/mol. The quantitative estimate of drug-likeness (QED) is 0.697. The Kier molecular flexibility index (Phi) is 5.56. The fourth-order valence-corrected chi connectivity index (χ4v) is 5.54. The number of carbonyl (C=O) groups excluding carboxylic acids is 2. The molecular formula is C26H34N4O2. The molecule has 6 nitrogen and oxygen atoms in total. The Bertz CT molecular complexity index is 981. The number of likely N-dealkylation sites (tertiary alicyclic amines) is 2. The zero-order valence-corrected chi connectivity index (χ0v) is 19.2. The molecular weight excluding hydrogens is 400 g/mol. The minimum Gasteiger partial charge on any atom is -0.342 e. The molecule has 6 heteroatoms. The normalized spacial score (nSPS) is 25.8. The monoisotopic (exact) mass is 434 g/mol. The zero-order chi connectivity index (χ0) is 22.3. The molecule has 1 aromatic heterocycles. The van der Waals surface area contributed by atoms with Crippen molar-refractivity contribution in [2.45, 2.75) is 57.9 Å². The Hall–Kier alpha value is -2.63. The van der Waals surface area contributed by atoms with Crippen LogP contribution in [-0.2, 0) is 16.0 Å². The number of carbonyl (C=O) groups is 2.